The number of hydrogen-bond donors (Lipinski definition) is 1. The van der Waals surface area contributed by atoms with E-state index in [2.05, 4.69) is 20.4 Å². The second kappa shape index (κ2) is 9.43. The second-order valence-corrected chi connectivity index (χ2v) is 8.50. The van der Waals surface area contributed by atoms with Crippen molar-refractivity contribution < 1.29 is 32.3 Å². The van der Waals surface area contributed by atoms with Crippen molar-refractivity contribution in [2.75, 3.05) is 18.6 Å². The quantitative estimate of drug-likeness (QED) is 0.661. The zero-order chi connectivity index (χ0) is 24.5. The predicted octanol–water partition coefficient (Wildman–Crippen LogP) is 2.74. The van der Waals surface area contributed by atoms with Gasteiger partial charge >= 0.3 is 12.1 Å². The van der Waals surface area contributed by atoms with Crippen LogP contribution < -0.4 is 10.2 Å². The number of aromatic nitrogens is 3. The van der Waals surface area contributed by atoms with Gasteiger partial charge in [-0.15, -0.1) is 5.10 Å². The van der Waals surface area contributed by atoms with E-state index in [0.717, 1.165) is 31.4 Å². The van der Waals surface area contributed by atoms with Crippen molar-refractivity contribution in [3.05, 3.63) is 41.7 Å². The maximum Gasteiger partial charge on any atom is 0.416 e. The van der Waals surface area contributed by atoms with Crippen molar-refractivity contribution in [1.82, 2.24) is 20.3 Å². The van der Waals surface area contributed by atoms with E-state index in [0.29, 0.717) is 6.42 Å². The first-order valence-electron chi connectivity index (χ1n) is 11.0. The maximum absolute atomic E-state index is 13.1. The normalized spacial score (nSPS) is 23.1. The van der Waals surface area contributed by atoms with Crippen LogP contribution in [0.2, 0.25) is 0 Å². The minimum Gasteiger partial charge on any atom is -0.464 e. The molecule has 1 saturated carbocycles. The Bertz CT molecular complexity index is 1090. The number of ether oxygens (including phenoxy) is 1. The van der Waals surface area contributed by atoms with Gasteiger partial charge in [-0.05, 0) is 31.0 Å². The van der Waals surface area contributed by atoms with E-state index in [1.807, 2.05) is 0 Å². The zero-order valence-electron chi connectivity index (χ0n) is 18.4. The Labute approximate surface area is 193 Å². The summed E-state index contributed by atoms with van der Waals surface area (Å²) in [5.41, 5.74) is -0.671. The summed E-state index contributed by atoms with van der Waals surface area (Å²) in [6.07, 6.45) is 0.0672. The van der Waals surface area contributed by atoms with E-state index in [9.17, 15) is 27.6 Å². The highest BCUT2D eigenvalue weighted by Gasteiger charge is 2.39. The van der Waals surface area contributed by atoms with E-state index < -0.39 is 29.5 Å². The number of hydrogen-bond acceptors (Lipinski definition) is 6. The topological polar surface area (TPSA) is 106 Å². The number of carbonyl (C=O) groups is 3. The zero-order valence-corrected chi connectivity index (χ0v) is 18.4. The van der Waals surface area contributed by atoms with Gasteiger partial charge in [0.2, 0.25) is 11.8 Å². The van der Waals surface area contributed by atoms with E-state index in [1.54, 1.807) is 4.68 Å². The molecule has 34 heavy (non-hydrogen) atoms. The van der Waals surface area contributed by atoms with Crippen LogP contribution in [0.1, 0.15) is 54.2 Å². The number of nitrogens with zero attached hydrogens (tertiary/aromatic N) is 4. The number of carbonyl (C=O) groups excluding carboxylic acids is 3. The molecule has 3 atom stereocenters. The Balaban J connectivity index is 1.44. The Hall–Kier alpha value is -3.44. The first-order chi connectivity index (χ1) is 16.2. The number of esters is 1. The standard InChI is InChI=1S/C22H24F3N5O4/c1-34-21(33)17-12-30(28-27-17)18-8-3-2-7-16(18)26-20(32)13-9-19(31)29(11-13)15-6-4-5-14(10-15)22(23,24)25/h4-6,10,12-13,16,18H,2-3,7-9,11H2,1H3,(H,26,32)/t13-,16-,18+/m0/s1. The largest absolute Gasteiger partial charge is 0.464 e. The molecule has 1 saturated heterocycles. The van der Waals surface area contributed by atoms with E-state index in [1.165, 1.54) is 30.3 Å². The molecule has 2 aliphatic rings. The molecule has 1 aromatic carbocycles. The molecule has 182 valence electrons. The molecule has 0 bridgehead atoms. The van der Waals surface area contributed by atoms with E-state index in [-0.39, 0.29) is 42.3 Å². The molecule has 1 N–H and O–H groups in total. The summed E-state index contributed by atoms with van der Waals surface area (Å²) in [4.78, 5) is 38.4. The van der Waals surface area contributed by atoms with Crippen molar-refractivity contribution in [2.45, 2.75) is 50.4 Å². The van der Waals surface area contributed by atoms with Crippen LogP contribution >= 0.6 is 0 Å². The molecule has 0 radical (unpaired) electrons. The number of anilines is 1. The SMILES string of the molecule is COC(=O)c1cn([C@@H]2CCCC[C@@H]2NC(=O)[C@H]2CC(=O)N(c3cccc(C(F)(F)F)c3)C2)nn1. The lowest BCUT2D eigenvalue weighted by Gasteiger charge is -2.32. The van der Waals surface area contributed by atoms with Crippen LogP contribution in [0, 0.1) is 5.92 Å². The minimum absolute atomic E-state index is 0.000815. The molecule has 12 heteroatoms. The van der Waals surface area contributed by atoms with Crippen LogP contribution in [0.4, 0.5) is 18.9 Å². The molecule has 2 heterocycles. The van der Waals surface area contributed by atoms with Crippen molar-refractivity contribution in [2.24, 2.45) is 5.92 Å². The first kappa shape index (κ1) is 23.7. The molecule has 2 aromatic rings. The fourth-order valence-electron chi connectivity index (χ4n) is 4.52. The van der Waals surface area contributed by atoms with Crippen LogP contribution in [0.25, 0.3) is 0 Å². The third-order valence-electron chi connectivity index (χ3n) is 6.28. The third kappa shape index (κ3) is 4.90. The van der Waals surface area contributed by atoms with Crippen molar-refractivity contribution in [3.8, 4) is 0 Å². The Morgan fingerprint density at radius 1 is 1.21 bits per heavy atom. The lowest BCUT2D eigenvalue weighted by Crippen LogP contribution is -2.46. The summed E-state index contributed by atoms with van der Waals surface area (Å²) >= 11 is 0. The molecule has 1 aliphatic heterocycles. The Morgan fingerprint density at radius 3 is 2.71 bits per heavy atom. The summed E-state index contributed by atoms with van der Waals surface area (Å²) in [6.45, 7) is -0.000815. The summed E-state index contributed by atoms with van der Waals surface area (Å²) in [5, 5.41) is 10.8. The van der Waals surface area contributed by atoms with Crippen LogP contribution in [0.5, 0.6) is 0 Å². The van der Waals surface area contributed by atoms with Crippen molar-refractivity contribution in [3.63, 3.8) is 0 Å². The number of benzene rings is 1. The molecule has 1 aromatic heterocycles. The summed E-state index contributed by atoms with van der Waals surface area (Å²) in [7, 11) is 1.25. The molecule has 4 rings (SSSR count). The van der Waals surface area contributed by atoms with E-state index >= 15 is 0 Å². The summed E-state index contributed by atoms with van der Waals surface area (Å²) in [6, 6.07) is 4.01. The van der Waals surface area contributed by atoms with Gasteiger partial charge in [0, 0.05) is 18.7 Å². The molecular weight excluding hydrogens is 455 g/mol. The highest BCUT2D eigenvalue weighted by molar-refractivity contribution is 6.00. The number of amides is 2. The molecule has 2 fully saturated rings. The van der Waals surface area contributed by atoms with Gasteiger partial charge in [0.15, 0.2) is 5.69 Å². The molecular formula is C22H24F3N5O4. The molecule has 2 amide bonds. The van der Waals surface area contributed by atoms with Crippen LogP contribution in [0.3, 0.4) is 0 Å². The predicted molar refractivity (Wildman–Crippen MR) is 113 cm³/mol. The van der Waals surface area contributed by atoms with Crippen LogP contribution in [0.15, 0.2) is 30.5 Å². The van der Waals surface area contributed by atoms with Gasteiger partial charge in [-0.3, -0.25) is 9.59 Å². The first-order valence-corrected chi connectivity index (χ1v) is 11.0. The molecule has 0 unspecified atom stereocenters. The highest BCUT2D eigenvalue weighted by Crippen LogP contribution is 2.34. The smallest absolute Gasteiger partial charge is 0.416 e. The van der Waals surface area contributed by atoms with Gasteiger partial charge < -0.3 is 15.0 Å². The average Bonchev–Trinajstić information content (AvgIpc) is 3.46. The number of alkyl halides is 3. The molecule has 9 nitrogen and oxygen atoms in total. The number of halogens is 3. The number of rotatable bonds is 5. The van der Waals surface area contributed by atoms with Gasteiger partial charge in [-0.2, -0.15) is 13.2 Å². The van der Waals surface area contributed by atoms with Gasteiger partial charge in [0.05, 0.1) is 36.9 Å². The second-order valence-electron chi connectivity index (χ2n) is 8.50. The van der Waals surface area contributed by atoms with Gasteiger partial charge in [0.25, 0.3) is 0 Å². The van der Waals surface area contributed by atoms with Crippen LogP contribution in [-0.4, -0.2) is 52.5 Å². The minimum atomic E-state index is -4.53. The fraction of sp³-hybridized carbons (Fsp3) is 0.500. The van der Waals surface area contributed by atoms with Gasteiger partial charge in [-0.25, -0.2) is 9.48 Å². The lowest BCUT2D eigenvalue weighted by molar-refractivity contribution is -0.137. The number of nitrogens with one attached hydrogen (secondary N) is 1. The van der Waals surface area contributed by atoms with Gasteiger partial charge in [0.1, 0.15) is 0 Å². The third-order valence-corrected chi connectivity index (χ3v) is 6.28. The maximum atomic E-state index is 13.1. The summed E-state index contributed by atoms with van der Waals surface area (Å²) < 4.78 is 45.4. The van der Waals surface area contributed by atoms with Crippen molar-refractivity contribution >= 4 is 23.5 Å². The molecule has 1 aliphatic carbocycles. The lowest BCUT2D eigenvalue weighted by atomic mass is 9.90. The van der Waals surface area contributed by atoms with Crippen molar-refractivity contribution in [1.29, 1.82) is 0 Å². The van der Waals surface area contributed by atoms with Gasteiger partial charge in [-0.1, -0.05) is 24.1 Å². The highest BCUT2D eigenvalue weighted by atomic mass is 19.4. The number of methoxy groups -OCH3 is 1. The average molecular weight is 479 g/mol. The fourth-order valence-corrected chi connectivity index (χ4v) is 4.52. The summed E-state index contributed by atoms with van der Waals surface area (Å²) in [5.74, 6) is -2.04. The Morgan fingerprint density at radius 2 is 1.97 bits per heavy atom. The van der Waals surface area contributed by atoms with E-state index in [4.69, 9.17) is 0 Å². The Kier molecular flexibility index (Phi) is 6.58. The van der Waals surface area contributed by atoms with Crippen LogP contribution in [-0.2, 0) is 20.5 Å². The molecule has 0 spiro atoms. The monoisotopic (exact) mass is 479 g/mol.